The van der Waals surface area contributed by atoms with Crippen LogP contribution in [0.15, 0.2) is 60.7 Å². The van der Waals surface area contributed by atoms with Gasteiger partial charge in [-0.25, -0.2) is 0 Å². The molecule has 0 aliphatic carbocycles. The SMILES string of the molecule is CCCCCCCCCc1ccc(C#Cc2ccc(OC/C=C/C(F)(F)F)cc2)cc1. The van der Waals surface area contributed by atoms with E-state index in [4.69, 9.17) is 4.74 Å². The summed E-state index contributed by atoms with van der Waals surface area (Å²) in [6.07, 6.45) is 7.14. The van der Waals surface area contributed by atoms with Crippen molar-refractivity contribution in [3.63, 3.8) is 0 Å². The summed E-state index contributed by atoms with van der Waals surface area (Å²) in [5.41, 5.74) is 3.13. The van der Waals surface area contributed by atoms with Gasteiger partial charge in [0.2, 0.25) is 0 Å². The first-order chi connectivity index (χ1) is 15.0. The topological polar surface area (TPSA) is 9.23 Å². The molecule has 2 aromatic rings. The molecule has 0 bridgehead atoms. The van der Waals surface area contributed by atoms with Gasteiger partial charge in [0.1, 0.15) is 12.4 Å². The Balaban J connectivity index is 1.74. The van der Waals surface area contributed by atoms with Crippen LogP contribution in [0.2, 0.25) is 0 Å². The monoisotopic (exact) mass is 428 g/mol. The molecule has 0 radical (unpaired) electrons. The number of rotatable bonds is 11. The van der Waals surface area contributed by atoms with E-state index in [1.54, 1.807) is 24.3 Å². The highest BCUT2D eigenvalue weighted by atomic mass is 19.4. The zero-order chi connectivity index (χ0) is 22.4. The molecule has 0 fully saturated rings. The Morgan fingerprint density at radius 2 is 1.32 bits per heavy atom. The molecule has 0 spiro atoms. The van der Waals surface area contributed by atoms with Crippen molar-refractivity contribution in [3.8, 4) is 17.6 Å². The number of hydrogen-bond acceptors (Lipinski definition) is 1. The van der Waals surface area contributed by atoms with Gasteiger partial charge in [-0.15, -0.1) is 0 Å². The quantitative estimate of drug-likeness (QED) is 0.201. The van der Waals surface area contributed by atoms with E-state index in [1.807, 2.05) is 12.1 Å². The number of unbranched alkanes of at least 4 members (excludes halogenated alkanes) is 6. The molecule has 0 atom stereocenters. The molecule has 0 saturated carbocycles. The first-order valence-electron chi connectivity index (χ1n) is 11.0. The molecule has 0 aromatic heterocycles. The average Bonchev–Trinajstić information content (AvgIpc) is 2.76. The van der Waals surface area contributed by atoms with E-state index < -0.39 is 6.18 Å². The van der Waals surface area contributed by atoms with Crippen LogP contribution in [0.25, 0.3) is 0 Å². The third kappa shape index (κ3) is 11.3. The van der Waals surface area contributed by atoms with E-state index in [0.29, 0.717) is 5.75 Å². The molecule has 0 unspecified atom stereocenters. The van der Waals surface area contributed by atoms with Crippen LogP contribution in [-0.4, -0.2) is 12.8 Å². The minimum absolute atomic E-state index is 0.129. The fourth-order valence-electron chi connectivity index (χ4n) is 3.15. The van der Waals surface area contributed by atoms with Crippen molar-refractivity contribution >= 4 is 0 Å². The summed E-state index contributed by atoms with van der Waals surface area (Å²) in [5, 5.41) is 0. The van der Waals surface area contributed by atoms with Gasteiger partial charge in [-0.05, 0) is 60.9 Å². The Morgan fingerprint density at radius 3 is 1.90 bits per heavy atom. The third-order valence-electron chi connectivity index (χ3n) is 4.88. The summed E-state index contributed by atoms with van der Waals surface area (Å²) in [5.74, 6) is 6.76. The van der Waals surface area contributed by atoms with Gasteiger partial charge in [-0.1, -0.05) is 69.4 Å². The van der Waals surface area contributed by atoms with Gasteiger partial charge in [0, 0.05) is 17.2 Å². The zero-order valence-electron chi connectivity index (χ0n) is 18.2. The number of ether oxygens (including phenoxy) is 1. The number of halogens is 3. The molecule has 2 aromatic carbocycles. The molecule has 31 heavy (non-hydrogen) atoms. The first kappa shape index (κ1) is 24.6. The third-order valence-corrected chi connectivity index (χ3v) is 4.88. The Labute approximate surface area is 184 Å². The first-order valence-corrected chi connectivity index (χ1v) is 11.0. The number of alkyl halides is 3. The van der Waals surface area contributed by atoms with Crippen LogP contribution in [0.1, 0.15) is 68.6 Å². The molecule has 0 aliphatic heterocycles. The molecule has 4 heteroatoms. The molecule has 0 aliphatic rings. The van der Waals surface area contributed by atoms with Gasteiger partial charge in [-0.2, -0.15) is 13.2 Å². The van der Waals surface area contributed by atoms with E-state index in [0.717, 1.165) is 23.6 Å². The van der Waals surface area contributed by atoms with E-state index in [2.05, 4.69) is 30.9 Å². The average molecular weight is 429 g/mol. The summed E-state index contributed by atoms with van der Waals surface area (Å²) in [4.78, 5) is 0. The predicted molar refractivity (Wildman–Crippen MR) is 121 cm³/mol. The zero-order valence-corrected chi connectivity index (χ0v) is 18.2. The highest BCUT2D eigenvalue weighted by Crippen LogP contribution is 2.17. The lowest BCUT2D eigenvalue weighted by Gasteiger charge is -2.03. The lowest BCUT2D eigenvalue weighted by Crippen LogP contribution is -2.02. The second-order valence-corrected chi connectivity index (χ2v) is 7.60. The smallest absolute Gasteiger partial charge is 0.409 e. The predicted octanol–water partition coefficient (Wildman–Crippen LogP) is 7.88. The molecule has 0 heterocycles. The summed E-state index contributed by atoms with van der Waals surface area (Å²) in [7, 11) is 0. The maximum absolute atomic E-state index is 12.0. The Hall–Kier alpha value is -2.67. The Bertz CT molecular complexity index is 837. The van der Waals surface area contributed by atoms with Crippen LogP contribution in [0.5, 0.6) is 5.75 Å². The summed E-state index contributed by atoms with van der Waals surface area (Å²) in [6, 6.07) is 15.4. The molecule has 1 nitrogen and oxygen atoms in total. The summed E-state index contributed by atoms with van der Waals surface area (Å²) in [6.45, 7) is 2.11. The molecular formula is C27H31F3O. The second kappa shape index (κ2) is 13.6. The number of hydrogen-bond donors (Lipinski definition) is 0. The van der Waals surface area contributed by atoms with Crippen LogP contribution in [0, 0.1) is 11.8 Å². The van der Waals surface area contributed by atoms with E-state index in [-0.39, 0.29) is 12.7 Å². The van der Waals surface area contributed by atoms with E-state index >= 15 is 0 Å². The maximum atomic E-state index is 12.0. The maximum Gasteiger partial charge on any atom is 0.409 e. The fourth-order valence-corrected chi connectivity index (χ4v) is 3.15. The lowest BCUT2D eigenvalue weighted by atomic mass is 10.0. The van der Waals surface area contributed by atoms with Crippen molar-refractivity contribution < 1.29 is 17.9 Å². The van der Waals surface area contributed by atoms with Crippen LogP contribution < -0.4 is 4.74 Å². The van der Waals surface area contributed by atoms with Crippen molar-refractivity contribution in [2.45, 2.75) is 64.5 Å². The van der Waals surface area contributed by atoms with E-state index in [9.17, 15) is 13.2 Å². The largest absolute Gasteiger partial charge is 0.490 e. The van der Waals surface area contributed by atoms with Crippen molar-refractivity contribution in [1.29, 1.82) is 0 Å². The number of aryl methyl sites for hydroxylation is 1. The number of benzene rings is 2. The van der Waals surface area contributed by atoms with Crippen LogP contribution in [0.3, 0.4) is 0 Å². The standard InChI is InChI=1S/C27H31F3O/c1-2-3-4-5-6-7-8-10-23-11-13-24(14-12-23)15-16-25-17-19-26(20-18-25)31-22-9-21-27(28,29)30/h9,11-14,17-21H,2-8,10,22H2,1H3/b21-9+. The van der Waals surface area contributed by atoms with E-state index in [1.165, 1.54) is 50.5 Å². The van der Waals surface area contributed by atoms with Gasteiger partial charge >= 0.3 is 6.18 Å². The normalized spacial score (nSPS) is 11.4. The summed E-state index contributed by atoms with van der Waals surface area (Å²) < 4.78 is 41.4. The van der Waals surface area contributed by atoms with Gasteiger partial charge in [0.15, 0.2) is 0 Å². The van der Waals surface area contributed by atoms with Gasteiger partial charge in [-0.3, -0.25) is 0 Å². The Kier molecular flexibility index (Phi) is 10.8. The molecular weight excluding hydrogens is 397 g/mol. The molecule has 0 amide bonds. The highest BCUT2D eigenvalue weighted by Gasteiger charge is 2.21. The van der Waals surface area contributed by atoms with Crippen molar-refractivity contribution in [2.24, 2.45) is 0 Å². The minimum Gasteiger partial charge on any atom is -0.490 e. The van der Waals surface area contributed by atoms with Crippen molar-refractivity contribution in [1.82, 2.24) is 0 Å². The minimum atomic E-state index is -4.31. The molecule has 0 saturated heterocycles. The van der Waals surface area contributed by atoms with Crippen LogP contribution in [-0.2, 0) is 6.42 Å². The highest BCUT2D eigenvalue weighted by molar-refractivity contribution is 5.44. The van der Waals surface area contributed by atoms with Gasteiger partial charge < -0.3 is 4.74 Å². The molecule has 166 valence electrons. The van der Waals surface area contributed by atoms with Crippen molar-refractivity contribution in [2.75, 3.05) is 6.61 Å². The fraction of sp³-hybridized carbons (Fsp3) is 0.407. The van der Waals surface area contributed by atoms with Crippen molar-refractivity contribution in [3.05, 3.63) is 77.4 Å². The van der Waals surface area contributed by atoms with Gasteiger partial charge in [0.25, 0.3) is 0 Å². The molecule has 0 N–H and O–H groups in total. The van der Waals surface area contributed by atoms with Crippen LogP contribution in [0.4, 0.5) is 13.2 Å². The Morgan fingerprint density at radius 1 is 0.774 bits per heavy atom. The second-order valence-electron chi connectivity index (χ2n) is 7.60. The molecule has 2 rings (SSSR count). The number of allylic oxidation sites excluding steroid dienone is 1. The van der Waals surface area contributed by atoms with Gasteiger partial charge in [0.05, 0.1) is 0 Å². The lowest BCUT2D eigenvalue weighted by molar-refractivity contribution is -0.0801. The van der Waals surface area contributed by atoms with Crippen LogP contribution >= 0.6 is 0 Å². The summed E-state index contributed by atoms with van der Waals surface area (Å²) >= 11 is 0.